The van der Waals surface area contributed by atoms with Crippen molar-refractivity contribution in [2.45, 2.75) is 40.3 Å². The Morgan fingerprint density at radius 3 is 2.71 bits per heavy atom. The monoisotopic (exact) mass is 250 g/mol. The van der Waals surface area contributed by atoms with Gasteiger partial charge in [-0.1, -0.05) is 0 Å². The molecule has 0 aliphatic rings. The molecule has 2 N–H and O–H groups in total. The standard InChI is InChI=1S/C12H18N4S/c1-7-5-14-12(17-7)10(4)13-6-11-8(2)15-16-9(11)3/h5,10,13H,6H2,1-4H3,(H,15,16). The largest absolute Gasteiger partial charge is 0.304 e. The normalized spacial score (nSPS) is 12.9. The second-order valence-corrected chi connectivity index (χ2v) is 5.59. The fraction of sp³-hybridized carbons (Fsp3) is 0.500. The van der Waals surface area contributed by atoms with E-state index in [1.807, 2.05) is 13.1 Å². The molecule has 2 aromatic rings. The van der Waals surface area contributed by atoms with Crippen molar-refractivity contribution >= 4 is 11.3 Å². The van der Waals surface area contributed by atoms with Gasteiger partial charge in [-0.3, -0.25) is 5.10 Å². The van der Waals surface area contributed by atoms with E-state index in [0.29, 0.717) is 0 Å². The van der Waals surface area contributed by atoms with Gasteiger partial charge in [-0.05, 0) is 27.7 Å². The van der Waals surface area contributed by atoms with Crippen LogP contribution < -0.4 is 5.32 Å². The first kappa shape index (κ1) is 12.3. The predicted molar refractivity (Wildman–Crippen MR) is 70.2 cm³/mol. The van der Waals surface area contributed by atoms with Gasteiger partial charge in [0.25, 0.3) is 0 Å². The molecule has 0 saturated carbocycles. The van der Waals surface area contributed by atoms with Crippen molar-refractivity contribution in [3.05, 3.63) is 33.0 Å². The molecule has 2 rings (SSSR count). The van der Waals surface area contributed by atoms with Gasteiger partial charge in [-0.15, -0.1) is 11.3 Å². The van der Waals surface area contributed by atoms with Crippen molar-refractivity contribution in [3.8, 4) is 0 Å². The van der Waals surface area contributed by atoms with Gasteiger partial charge in [0.15, 0.2) is 0 Å². The minimum Gasteiger partial charge on any atom is -0.304 e. The van der Waals surface area contributed by atoms with E-state index in [2.05, 4.69) is 41.3 Å². The first-order chi connectivity index (χ1) is 8.08. The van der Waals surface area contributed by atoms with Crippen molar-refractivity contribution in [1.82, 2.24) is 20.5 Å². The maximum Gasteiger partial charge on any atom is 0.109 e. The van der Waals surface area contributed by atoms with Gasteiger partial charge in [0, 0.05) is 28.9 Å². The van der Waals surface area contributed by atoms with Gasteiger partial charge >= 0.3 is 0 Å². The lowest BCUT2D eigenvalue weighted by molar-refractivity contribution is 0.569. The number of aryl methyl sites for hydroxylation is 3. The molecule has 2 heterocycles. The van der Waals surface area contributed by atoms with Gasteiger partial charge in [-0.25, -0.2) is 4.98 Å². The number of aromatic nitrogens is 3. The topological polar surface area (TPSA) is 53.6 Å². The van der Waals surface area contributed by atoms with Crippen molar-refractivity contribution in [2.24, 2.45) is 0 Å². The van der Waals surface area contributed by atoms with E-state index in [-0.39, 0.29) is 6.04 Å². The number of thiazole rings is 1. The van der Waals surface area contributed by atoms with Crippen LogP contribution in [0.5, 0.6) is 0 Å². The summed E-state index contributed by atoms with van der Waals surface area (Å²) < 4.78 is 0. The van der Waals surface area contributed by atoms with Crippen LogP contribution >= 0.6 is 11.3 Å². The molecule has 0 saturated heterocycles. The molecule has 4 nitrogen and oxygen atoms in total. The van der Waals surface area contributed by atoms with Gasteiger partial charge < -0.3 is 5.32 Å². The summed E-state index contributed by atoms with van der Waals surface area (Å²) in [5.74, 6) is 0. The van der Waals surface area contributed by atoms with Gasteiger partial charge in [0.05, 0.1) is 11.7 Å². The first-order valence-electron chi connectivity index (χ1n) is 5.74. The van der Waals surface area contributed by atoms with Crippen LogP contribution in [-0.4, -0.2) is 15.2 Å². The lowest BCUT2D eigenvalue weighted by Crippen LogP contribution is -2.18. The summed E-state index contributed by atoms with van der Waals surface area (Å²) in [5.41, 5.74) is 3.46. The lowest BCUT2D eigenvalue weighted by atomic mass is 10.2. The molecule has 0 amide bonds. The van der Waals surface area contributed by atoms with E-state index in [4.69, 9.17) is 0 Å². The minimum absolute atomic E-state index is 0.280. The number of nitrogens with one attached hydrogen (secondary N) is 2. The molecular formula is C12H18N4S. The van der Waals surface area contributed by atoms with E-state index in [0.717, 1.165) is 22.9 Å². The van der Waals surface area contributed by atoms with Crippen LogP contribution in [0.1, 0.15) is 39.8 Å². The smallest absolute Gasteiger partial charge is 0.109 e. The zero-order valence-electron chi connectivity index (χ0n) is 10.7. The summed E-state index contributed by atoms with van der Waals surface area (Å²) in [6.07, 6.45) is 1.92. The molecule has 92 valence electrons. The van der Waals surface area contributed by atoms with E-state index in [9.17, 15) is 0 Å². The molecular weight excluding hydrogens is 232 g/mol. The van der Waals surface area contributed by atoms with Crippen LogP contribution in [-0.2, 0) is 6.54 Å². The van der Waals surface area contributed by atoms with Gasteiger partial charge in [0.1, 0.15) is 5.01 Å². The maximum atomic E-state index is 4.39. The molecule has 5 heteroatoms. The second kappa shape index (κ2) is 4.98. The number of aromatic amines is 1. The average Bonchev–Trinajstić information content (AvgIpc) is 2.84. The Hall–Kier alpha value is -1.20. The summed E-state index contributed by atoms with van der Waals surface area (Å²) in [4.78, 5) is 5.65. The molecule has 1 atom stereocenters. The Morgan fingerprint density at radius 2 is 2.18 bits per heavy atom. The third-order valence-electron chi connectivity index (χ3n) is 2.88. The number of nitrogens with zero attached hydrogens (tertiary/aromatic N) is 2. The molecule has 17 heavy (non-hydrogen) atoms. The zero-order valence-corrected chi connectivity index (χ0v) is 11.5. The van der Waals surface area contributed by atoms with Crippen molar-refractivity contribution in [2.75, 3.05) is 0 Å². The number of rotatable bonds is 4. The van der Waals surface area contributed by atoms with Crippen LogP contribution in [0.25, 0.3) is 0 Å². The number of hydrogen-bond acceptors (Lipinski definition) is 4. The predicted octanol–water partition coefficient (Wildman–Crippen LogP) is 2.64. The molecule has 2 aromatic heterocycles. The highest BCUT2D eigenvalue weighted by atomic mass is 32.1. The summed E-state index contributed by atoms with van der Waals surface area (Å²) >= 11 is 1.74. The Kier molecular flexibility index (Phi) is 3.59. The lowest BCUT2D eigenvalue weighted by Gasteiger charge is -2.11. The van der Waals surface area contributed by atoms with Crippen LogP contribution in [0, 0.1) is 20.8 Å². The van der Waals surface area contributed by atoms with Crippen LogP contribution in [0.2, 0.25) is 0 Å². The Balaban J connectivity index is 1.99. The highest BCUT2D eigenvalue weighted by molar-refractivity contribution is 7.11. The van der Waals surface area contributed by atoms with Gasteiger partial charge in [-0.2, -0.15) is 5.10 Å². The third kappa shape index (κ3) is 2.73. The fourth-order valence-corrected chi connectivity index (χ4v) is 2.55. The summed E-state index contributed by atoms with van der Waals surface area (Å²) in [6, 6.07) is 0.280. The van der Waals surface area contributed by atoms with Crippen molar-refractivity contribution in [1.29, 1.82) is 0 Å². The summed E-state index contributed by atoms with van der Waals surface area (Å²) in [7, 11) is 0. The second-order valence-electron chi connectivity index (χ2n) is 4.32. The molecule has 0 fully saturated rings. The zero-order chi connectivity index (χ0) is 12.4. The van der Waals surface area contributed by atoms with Crippen LogP contribution in [0.15, 0.2) is 6.20 Å². The Bertz CT molecular complexity index is 481. The molecule has 0 radical (unpaired) electrons. The van der Waals surface area contributed by atoms with E-state index in [1.165, 1.54) is 10.4 Å². The van der Waals surface area contributed by atoms with E-state index >= 15 is 0 Å². The molecule has 0 aromatic carbocycles. The highest BCUT2D eigenvalue weighted by Crippen LogP contribution is 2.20. The highest BCUT2D eigenvalue weighted by Gasteiger charge is 2.11. The summed E-state index contributed by atoms with van der Waals surface area (Å²) in [5, 5.41) is 11.8. The van der Waals surface area contributed by atoms with Crippen molar-refractivity contribution in [3.63, 3.8) is 0 Å². The molecule has 0 spiro atoms. The molecule has 0 aliphatic heterocycles. The van der Waals surface area contributed by atoms with E-state index in [1.54, 1.807) is 11.3 Å². The number of hydrogen-bond donors (Lipinski definition) is 2. The Labute approximate surface area is 105 Å². The van der Waals surface area contributed by atoms with Crippen LogP contribution in [0.4, 0.5) is 0 Å². The van der Waals surface area contributed by atoms with Gasteiger partial charge in [0.2, 0.25) is 0 Å². The first-order valence-corrected chi connectivity index (χ1v) is 6.55. The average molecular weight is 250 g/mol. The maximum absolute atomic E-state index is 4.39. The van der Waals surface area contributed by atoms with Crippen molar-refractivity contribution < 1.29 is 0 Å². The Morgan fingerprint density at radius 1 is 1.41 bits per heavy atom. The fourth-order valence-electron chi connectivity index (χ4n) is 1.75. The summed E-state index contributed by atoms with van der Waals surface area (Å²) in [6.45, 7) is 9.13. The quantitative estimate of drug-likeness (QED) is 0.877. The molecule has 0 aliphatic carbocycles. The van der Waals surface area contributed by atoms with Crippen LogP contribution in [0.3, 0.4) is 0 Å². The molecule has 1 unspecified atom stereocenters. The number of H-pyrrole nitrogens is 1. The SMILES string of the molecule is Cc1cnc(C(C)NCc2c(C)n[nH]c2C)s1. The molecule has 0 bridgehead atoms. The minimum atomic E-state index is 0.280. The third-order valence-corrected chi connectivity index (χ3v) is 3.97. The van der Waals surface area contributed by atoms with E-state index < -0.39 is 0 Å².